The van der Waals surface area contributed by atoms with Gasteiger partial charge in [-0.25, -0.2) is 4.79 Å². The third kappa shape index (κ3) is 5.30. The number of ether oxygens (including phenoxy) is 2. The van der Waals surface area contributed by atoms with Gasteiger partial charge in [-0.2, -0.15) is 18.4 Å². The van der Waals surface area contributed by atoms with Crippen LogP contribution in [0.25, 0.3) is 10.9 Å². The minimum Gasteiger partial charge on any atom is -0.497 e. The van der Waals surface area contributed by atoms with Crippen LogP contribution in [0.2, 0.25) is 0 Å². The molecule has 11 heteroatoms. The molecule has 0 amide bonds. The number of nitrogens with zero attached hydrogens (tertiary/aromatic N) is 2. The lowest BCUT2D eigenvalue weighted by Crippen LogP contribution is -2.38. The number of esters is 1. The zero-order valence-electron chi connectivity index (χ0n) is 20.9. The first kappa shape index (κ1) is 27.0. The van der Waals surface area contributed by atoms with Crippen molar-refractivity contribution >= 4 is 16.9 Å². The minimum absolute atomic E-state index is 0.0144. The number of fused-ring (bicyclic) bond motifs is 1. The SMILES string of the molecule is COC(=O)C1CCC(Cn2c(=O)[nH]c3c(Cc4cccc(C(F)(F)F)c4C#N)cc(OC)cc3c2=O)CC1. The van der Waals surface area contributed by atoms with Gasteiger partial charge in [0.1, 0.15) is 11.8 Å². The van der Waals surface area contributed by atoms with E-state index in [-0.39, 0.29) is 53.0 Å². The van der Waals surface area contributed by atoms with E-state index < -0.39 is 28.6 Å². The average Bonchev–Trinajstić information content (AvgIpc) is 2.90. The summed E-state index contributed by atoms with van der Waals surface area (Å²) >= 11 is 0. The molecule has 38 heavy (non-hydrogen) atoms. The number of halogens is 3. The molecular weight excluding hydrogens is 503 g/mol. The van der Waals surface area contributed by atoms with E-state index in [4.69, 9.17) is 9.47 Å². The number of nitrogens with one attached hydrogen (secondary N) is 1. The topological polar surface area (TPSA) is 114 Å². The molecule has 0 spiro atoms. The van der Waals surface area contributed by atoms with Crippen molar-refractivity contribution in [2.24, 2.45) is 11.8 Å². The Morgan fingerprint density at radius 3 is 2.45 bits per heavy atom. The first-order valence-corrected chi connectivity index (χ1v) is 12.1. The fourth-order valence-corrected chi connectivity index (χ4v) is 5.15. The van der Waals surface area contributed by atoms with E-state index in [1.807, 2.05) is 0 Å². The molecule has 0 unspecified atom stereocenters. The lowest BCUT2D eigenvalue weighted by atomic mass is 9.82. The molecule has 1 aromatic heterocycles. The number of alkyl halides is 3. The fourth-order valence-electron chi connectivity index (χ4n) is 5.15. The standard InChI is InChI=1S/C27H26F3N3O5/c1-37-19-11-18(10-17-4-3-5-22(21(17)13-31)27(28,29)30)23-20(12-19)24(34)33(26(36)32-23)14-15-6-8-16(9-7-15)25(35)38-2/h3-5,11-12,15-16H,6-10,14H2,1-2H3,(H,32,36). The Bertz CT molecular complexity index is 1530. The molecule has 1 heterocycles. The van der Waals surface area contributed by atoms with Gasteiger partial charge in [0, 0.05) is 13.0 Å². The molecule has 3 aromatic rings. The van der Waals surface area contributed by atoms with Gasteiger partial charge in [-0.05, 0) is 60.9 Å². The molecule has 8 nitrogen and oxygen atoms in total. The summed E-state index contributed by atoms with van der Waals surface area (Å²) in [5.41, 5.74) is -2.15. The average molecular weight is 530 g/mol. The zero-order valence-corrected chi connectivity index (χ0v) is 20.9. The highest BCUT2D eigenvalue weighted by Crippen LogP contribution is 2.34. The van der Waals surface area contributed by atoms with Crippen LogP contribution in [0, 0.1) is 23.2 Å². The molecule has 1 saturated carbocycles. The quantitative estimate of drug-likeness (QED) is 0.480. The van der Waals surface area contributed by atoms with E-state index in [1.54, 1.807) is 6.07 Å². The third-order valence-corrected chi connectivity index (χ3v) is 7.15. The second kappa shape index (κ2) is 10.7. The second-order valence-corrected chi connectivity index (χ2v) is 9.42. The predicted octanol–water partition coefficient (Wildman–Crippen LogP) is 4.16. The zero-order chi connectivity index (χ0) is 27.6. The summed E-state index contributed by atoms with van der Waals surface area (Å²) in [6.45, 7) is 0.163. The normalized spacial score (nSPS) is 17.7. The first-order chi connectivity index (χ1) is 18.1. The lowest BCUT2D eigenvalue weighted by Gasteiger charge is -2.27. The summed E-state index contributed by atoms with van der Waals surface area (Å²) in [6.07, 6.45) is -2.34. The summed E-state index contributed by atoms with van der Waals surface area (Å²) in [5, 5.41) is 9.63. The number of rotatable bonds is 6. The summed E-state index contributed by atoms with van der Waals surface area (Å²) in [7, 11) is 2.74. The van der Waals surface area contributed by atoms with Crippen molar-refractivity contribution in [2.45, 2.75) is 44.8 Å². The maximum absolute atomic E-state index is 13.5. The molecule has 1 fully saturated rings. The van der Waals surface area contributed by atoms with Crippen LogP contribution in [-0.4, -0.2) is 29.7 Å². The van der Waals surface area contributed by atoms with Crippen LogP contribution in [0.3, 0.4) is 0 Å². The van der Waals surface area contributed by atoms with Crippen LogP contribution in [-0.2, 0) is 28.7 Å². The van der Waals surface area contributed by atoms with Crippen molar-refractivity contribution in [3.63, 3.8) is 0 Å². The molecule has 0 bridgehead atoms. The molecule has 2 aromatic carbocycles. The van der Waals surface area contributed by atoms with E-state index in [1.165, 1.54) is 38.5 Å². The monoisotopic (exact) mass is 529 g/mol. The molecule has 200 valence electrons. The van der Waals surface area contributed by atoms with Crippen molar-refractivity contribution < 1.29 is 27.4 Å². The van der Waals surface area contributed by atoms with Gasteiger partial charge in [0.05, 0.1) is 42.2 Å². The highest BCUT2D eigenvalue weighted by molar-refractivity contribution is 5.83. The number of methoxy groups -OCH3 is 2. The number of carbonyl (C=O) groups excluding carboxylic acids is 1. The fraction of sp³-hybridized carbons (Fsp3) is 0.407. The van der Waals surface area contributed by atoms with Crippen molar-refractivity contribution in [1.82, 2.24) is 9.55 Å². The van der Waals surface area contributed by atoms with E-state index in [2.05, 4.69) is 4.98 Å². The van der Waals surface area contributed by atoms with Gasteiger partial charge in [0.25, 0.3) is 5.56 Å². The Hall–Kier alpha value is -4.07. The van der Waals surface area contributed by atoms with Crippen molar-refractivity contribution in [3.05, 3.63) is 73.4 Å². The summed E-state index contributed by atoms with van der Waals surface area (Å²) in [4.78, 5) is 41.0. The van der Waals surface area contributed by atoms with Crippen LogP contribution in [0.5, 0.6) is 5.75 Å². The van der Waals surface area contributed by atoms with Crippen LogP contribution in [0.15, 0.2) is 39.9 Å². The number of aromatic amines is 1. The van der Waals surface area contributed by atoms with Crippen LogP contribution >= 0.6 is 0 Å². The van der Waals surface area contributed by atoms with Gasteiger partial charge in [0.15, 0.2) is 0 Å². The predicted molar refractivity (Wildman–Crippen MR) is 132 cm³/mol. The smallest absolute Gasteiger partial charge is 0.417 e. The highest BCUT2D eigenvalue weighted by Gasteiger charge is 2.34. The first-order valence-electron chi connectivity index (χ1n) is 12.1. The Balaban J connectivity index is 1.73. The number of nitriles is 1. The molecule has 1 N–H and O–H groups in total. The van der Waals surface area contributed by atoms with Gasteiger partial charge in [-0.15, -0.1) is 0 Å². The molecule has 0 saturated heterocycles. The number of benzene rings is 2. The molecule has 1 aliphatic rings. The molecular formula is C27H26F3N3O5. The number of hydrogen-bond acceptors (Lipinski definition) is 6. The molecule has 4 rings (SSSR count). The Morgan fingerprint density at radius 2 is 1.84 bits per heavy atom. The molecule has 0 aliphatic heterocycles. The number of aromatic nitrogens is 2. The Morgan fingerprint density at radius 1 is 1.13 bits per heavy atom. The maximum atomic E-state index is 13.5. The summed E-state index contributed by atoms with van der Waals surface area (Å²) < 4.78 is 51.6. The van der Waals surface area contributed by atoms with Crippen molar-refractivity contribution in [3.8, 4) is 11.8 Å². The highest BCUT2D eigenvalue weighted by atomic mass is 19.4. The molecule has 0 radical (unpaired) electrons. The van der Waals surface area contributed by atoms with Gasteiger partial charge in [0.2, 0.25) is 0 Å². The van der Waals surface area contributed by atoms with Gasteiger partial charge < -0.3 is 14.5 Å². The molecule has 1 aliphatic carbocycles. The molecule has 0 atom stereocenters. The third-order valence-electron chi connectivity index (χ3n) is 7.15. The lowest BCUT2D eigenvalue weighted by molar-refractivity contribution is -0.146. The van der Waals surface area contributed by atoms with Crippen LogP contribution in [0.4, 0.5) is 13.2 Å². The van der Waals surface area contributed by atoms with Crippen molar-refractivity contribution in [1.29, 1.82) is 5.26 Å². The van der Waals surface area contributed by atoms with Crippen LogP contribution in [0.1, 0.15) is 47.9 Å². The van der Waals surface area contributed by atoms with Gasteiger partial charge in [-0.1, -0.05) is 12.1 Å². The van der Waals surface area contributed by atoms with Gasteiger partial charge >= 0.3 is 17.8 Å². The summed E-state index contributed by atoms with van der Waals surface area (Å²) in [6, 6.07) is 8.10. The van der Waals surface area contributed by atoms with E-state index >= 15 is 0 Å². The number of carbonyl (C=O) groups is 1. The van der Waals surface area contributed by atoms with E-state index in [0.717, 1.165) is 10.6 Å². The Labute approximate surface area is 215 Å². The van der Waals surface area contributed by atoms with E-state index in [0.29, 0.717) is 31.2 Å². The van der Waals surface area contributed by atoms with Crippen molar-refractivity contribution in [2.75, 3.05) is 14.2 Å². The second-order valence-electron chi connectivity index (χ2n) is 9.42. The largest absolute Gasteiger partial charge is 0.497 e. The summed E-state index contributed by atoms with van der Waals surface area (Å²) in [5.74, 6) is -0.152. The minimum atomic E-state index is -4.71. The van der Waals surface area contributed by atoms with Crippen LogP contribution < -0.4 is 16.0 Å². The Kier molecular flexibility index (Phi) is 7.62. The number of H-pyrrole nitrogens is 1. The number of hydrogen-bond donors (Lipinski definition) is 1. The van der Waals surface area contributed by atoms with E-state index in [9.17, 15) is 32.8 Å². The maximum Gasteiger partial charge on any atom is 0.417 e. The van der Waals surface area contributed by atoms with Gasteiger partial charge in [-0.3, -0.25) is 14.2 Å².